The summed E-state index contributed by atoms with van der Waals surface area (Å²) in [5.41, 5.74) is 2.48. The molecule has 0 aliphatic rings. The summed E-state index contributed by atoms with van der Waals surface area (Å²) in [5, 5.41) is 1.09. The highest BCUT2D eigenvalue weighted by molar-refractivity contribution is 7.83. The van der Waals surface area contributed by atoms with Gasteiger partial charge in [-0.05, 0) is 24.5 Å². The molecule has 0 amide bonds. The Kier molecular flexibility index (Phi) is 12.7. The highest BCUT2D eigenvalue weighted by atomic mass is 35.5. The number of unbranched alkanes of at least 4 members (excludes halogenated alkanes) is 9. The first-order valence-corrected chi connectivity index (χ1v) is 13.6. The molecule has 0 aliphatic heterocycles. The summed E-state index contributed by atoms with van der Waals surface area (Å²) in [7, 11) is 0. The predicted octanol–water partition coefficient (Wildman–Crippen LogP) is 11.7. The van der Waals surface area contributed by atoms with Crippen LogP contribution in [0.25, 0.3) is 11.1 Å². The average Bonchev–Trinajstić information content (AvgIpc) is 2.76. The van der Waals surface area contributed by atoms with Crippen LogP contribution in [0.5, 0.6) is 0 Å². The van der Waals surface area contributed by atoms with E-state index < -0.39 is 0 Å². The molecule has 0 bridgehead atoms. The Labute approximate surface area is 223 Å². The molecule has 0 aromatic heterocycles. The van der Waals surface area contributed by atoms with E-state index in [1.807, 2.05) is 12.1 Å². The fourth-order valence-electron chi connectivity index (χ4n) is 3.74. The summed E-state index contributed by atoms with van der Waals surface area (Å²) >= 11 is 41.1. The molecule has 2 rings (SSSR count). The van der Waals surface area contributed by atoms with Gasteiger partial charge in [0.25, 0.3) is 0 Å². The van der Waals surface area contributed by atoms with Gasteiger partial charge in [0, 0.05) is 20.9 Å². The normalized spacial score (nSPS) is 11.4. The van der Waals surface area contributed by atoms with E-state index in [0.29, 0.717) is 10.5 Å². The molecule has 0 fully saturated rings. The second-order valence-corrected chi connectivity index (χ2v) is 10.7. The lowest BCUT2D eigenvalue weighted by atomic mass is 9.95. The second kappa shape index (κ2) is 14.1. The van der Waals surface area contributed by atoms with Crippen LogP contribution in [-0.4, -0.2) is 0 Å². The summed E-state index contributed by atoms with van der Waals surface area (Å²) < 4.78 is 0. The zero-order chi connectivity index (χ0) is 23.0. The molecule has 0 spiro atoms. The smallest absolute Gasteiger partial charge is 0.0809 e. The molecule has 2 aromatic rings. The first kappa shape index (κ1) is 27.8. The minimum Gasteiger partial charge on any atom is -0.142 e. The lowest BCUT2D eigenvalue weighted by Gasteiger charge is -2.19. The Hall–Kier alpha value is 0.590. The van der Waals surface area contributed by atoms with E-state index >= 15 is 0 Å². The second-order valence-electron chi connectivity index (χ2n) is 7.84. The highest BCUT2D eigenvalue weighted by Gasteiger charge is 2.24. The van der Waals surface area contributed by atoms with Crippen molar-refractivity contribution in [2.45, 2.75) is 87.3 Å². The molecule has 2 aromatic carbocycles. The lowest BCUT2D eigenvalue weighted by molar-refractivity contribution is 0.556. The summed E-state index contributed by atoms with van der Waals surface area (Å²) in [5.74, 6) is 0. The molecule has 0 saturated heterocycles. The van der Waals surface area contributed by atoms with Gasteiger partial charge in [-0.15, -0.1) is 25.3 Å². The van der Waals surface area contributed by atoms with Crippen molar-refractivity contribution < 1.29 is 0 Å². The molecule has 0 aliphatic carbocycles. The molecule has 0 N–H and O–H groups in total. The third-order valence-electron chi connectivity index (χ3n) is 5.50. The van der Waals surface area contributed by atoms with Gasteiger partial charge in [0.2, 0.25) is 0 Å². The van der Waals surface area contributed by atoms with Gasteiger partial charge in [-0.25, -0.2) is 0 Å². The van der Waals surface area contributed by atoms with E-state index in [1.54, 1.807) is 0 Å². The van der Waals surface area contributed by atoms with Crippen LogP contribution in [0.4, 0.5) is 0 Å². The Morgan fingerprint density at radius 3 is 1.55 bits per heavy atom. The summed E-state index contributed by atoms with van der Waals surface area (Å²) in [6, 6.07) is 4.00. The quantitative estimate of drug-likeness (QED) is 0.110. The Balaban J connectivity index is 2.09. The monoisotopic (exact) mass is 556 g/mol. The van der Waals surface area contributed by atoms with Crippen molar-refractivity contribution in [3.05, 3.63) is 42.8 Å². The molecular weight excluding hydrogens is 530 g/mol. The van der Waals surface area contributed by atoms with Crippen molar-refractivity contribution in [3.8, 4) is 11.1 Å². The van der Waals surface area contributed by atoms with Crippen molar-refractivity contribution in [1.29, 1.82) is 0 Å². The Morgan fingerprint density at radius 2 is 1.03 bits per heavy atom. The first-order chi connectivity index (χ1) is 14.8. The third-order valence-corrected chi connectivity index (χ3v) is 8.79. The van der Waals surface area contributed by atoms with Crippen LogP contribution in [-0.2, 0) is 6.42 Å². The van der Waals surface area contributed by atoms with Crippen LogP contribution in [0.15, 0.2) is 21.9 Å². The molecule has 0 unspecified atom stereocenters. The SMILES string of the molecule is CCCCCCCCCCCCc1ccc(S)c(S)c1-c1c(Cl)c(Cl)c(Cl)c(Cl)c1Cl. The van der Waals surface area contributed by atoms with Gasteiger partial charge < -0.3 is 0 Å². The molecule has 31 heavy (non-hydrogen) atoms. The van der Waals surface area contributed by atoms with Crippen molar-refractivity contribution in [1.82, 2.24) is 0 Å². The van der Waals surface area contributed by atoms with Crippen LogP contribution in [0.1, 0.15) is 76.7 Å². The van der Waals surface area contributed by atoms with Gasteiger partial charge in [0.1, 0.15) is 0 Å². The standard InChI is InChI=1S/C24H29Cl5S2/c1-2-3-4-5-6-7-8-9-10-11-12-15-13-14-16(30)24(31)17(15)18-19(25)21(27)23(29)22(28)20(18)26/h13-14,30-31H,2-12H2,1H3. The Morgan fingerprint density at radius 1 is 0.581 bits per heavy atom. The van der Waals surface area contributed by atoms with Crippen molar-refractivity contribution in [2.24, 2.45) is 0 Å². The van der Waals surface area contributed by atoms with Crippen molar-refractivity contribution in [3.63, 3.8) is 0 Å². The summed E-state index contributed by atoms with van der Waals surface area (Å²) in [6.45, 7) is 2.25. The molecule has 0 atom stereocenters. The van der Waals surface area contributed by atoms with Crippen LogP contribution >= 0.6 is 83.3 Å². The topological polar surface area (TPSA) is 0 Å². The van der Waals surface area contributed by atoms with Crippen molar-refractivity contribution >= 4 is 83.3 Å². The molecule has 0 nitrogen and oxygen atoms in total. The molecule has 172 valence electrons. The molecule has 0 radical (unpaired) electrons. The van der Waals surface area contributed by atoms with Crippen LogP contribution < -0.4 is 0 Å². The Bertz CT molecular complexity index is 854. The summed E-state index contributed by atoms with van der Waals surface area (Å²) in [6.07, 6.45) is 13.8. The van der Waals surface area contributed by atoms with E-state index in [0.717, 1.165) is 28.9 Å². The molecule has 0 saturated carbocycles. The van der Waals surface area contributed by atoms with Gasteiger partial charge in [0.15, 0.2) is 0 Å². The maximum absolute atomic E-state index is 6.55. The predicted molar refractivity (Wildman–Crippen MR) is 147 cm³/mol. The zero-order valence-corrected chi connectivity index (χ0v) is 23.3. The maximum atomic E-state index is 6.55. The number of aryl methyl sites for hydroxylation is 1. The van der Waals surface area contributed by atoms with E-state index in [9.17, 15) is 0 Å². The van der Waals surface area contributed by atoms with Gasteiger partial charge in [-0.2, -0.15) is 0 Å². The van der Waals surface area contributed by atoms with E-state index in [-0.39, 0.29) is 25.1 Å². The van der Waals surface area contributed by atoms with E-state index in [2.05, 4.69) is 19.6 Å². The van der Waals surface area contributed by atoms with Gasteiger partial charge in [0.05, 0.1) is 25.1 Å². The average molecular weight is 559 g/mol. The zero-order valence-electron chi connectivity index (χ0n) is 17.7. The van der Waals surface area contributed by atoms with E-state index in [1.165, 1.54) is 57.8 Å². The first-order valence-electron chi connectivity index (χ1n) is 10.9. The highest BCUT2D eigenvalue weighted by Crippen LogP contribution is 2.51. The fourth-order valence-corrected chi connectivity index (χ4v) is 5.58. The van der Waals surface area contributed by atoms with Crippen LogP contribution in [0.3, 0.4) is 0 Å². The fraction of sp³-hybridized carbons (Fsp3) is 0.500. The summed E-state index contributed by atoms with van der Waals surface area (Å²) in [4.78, 5) is 1.44. The number of thiol groups is 2. The van der Waals surface area contributed by atoms with Gasteiger partial charge >= 0.3 is 0 Å². The third kappa shape index (κ3) is 7.54. The van der Waals surface area contributed by atoms with Crippen LogP contribution in [0.2, 0.25) is 25.1 Å². The minimum absolute atomic E-state index is 0.154. The number of hydrogen-bond donors (Lipinski definition) is 2. The molecule has 0 heterocycles. The lowest BCUT2D eigenvalue weighted by Crippen LogP contribution is -1.96. The largest absolute Gasteiger partial charge is 0.142 e. The number of rotatable bonds is 12. The van der Waals surface area contributed by atoms with Crippen molar-refractivity contribution in [2.75, 3.05) is 0 Å². The van der Waals surface area contributed by atoms with Gasteiger partial charge in [-0.1, -0.05) is 129 Å². The van der Waals surface area contributed by atoms with E-state index in [4.69, 9.17) is 70.6 Å². The molecular formula is C24H29Cl5S2. The number of halogens is 5. The maximum Gasteiger partial charge on any atom is 0.0809 e. The van der Waals surface area contributed by atoms with Gasteiger partial charge in [-0.3, -0.25) is 0 Å². The minimum atomic E-state index is 0.154. The van der Waals surface area contributed by atoms with Crippen LogP contribution in [0, 0.1) is 0 Å². The molecule has 7 heteroatoms. The number of hydrogen-bond acceptors (Lipinski definition) is 2. The number of benzene rings is 2.